The van der Waals surface area contributed by atoms with Gasteiger partial charge in [0.05, 0.1) is 0 Å². The predicted octanol–water partition coefficient (Wildman–Crippen LogP) is 5.08. The number of hydrogen-bond donors (Lipinski definition) is 1. The van der Waals surface area contributed by atoms with Gasteiger partial charge in [0.25, 0.3) is 0 Å². The highest BCUT2D eigenvalue weighted by Gasteiger charge is 2.23. The third kappa shape index (κ3) is 2.78. The fraction of sp³-hybridized carbons (Fsp3) is 0.375. The standard InChI is InChI=1S/C16H18FNS2/c1-10-5-7-20-16(10)11(2)18-14-6-8-19-15-4-3-12(17)9-13(14)15/h3-5,7,9,11,14,18H,6,8H2,1-2H3. The Bertz CT molecular complexity index is 608. The van der Waals surface area contributed by atoms with Crippen molar-refractivity contribution >= 4 is 23.1 Å². The average Bonchev–Trinajstić information content (AvgIpc) is 2.86. The number of fused-ring (bicyclic) bond motifs is 1. The maximum atomic E-state index is 13.5. The van der Waals surface area contributed by atoms with Crippen molar-refractivity contribution in [2.75, 3.05) is 5.75 Å². The van der Waals surface area contributed by atoms with Crippen LogP contribution >= 0.6 is 23.1 Å². The van der Waals surface area contributed by atoms with Crippen LogP contribution in [0.3, 0.4) is 0 Å². The van der Waals surface area contributed by atoms with E-state index in [1.165, 1.54) is 15.3 Å². The Labute approximate surface area is 127 Å². The van der Waals surface area contributed by atoms with Gasteiger partial charge in [0.2, 0.25) is 0 Å². The summed E-state index contributed by atoms with van der Waals surface area (Å²) in [5.74, 6) is 0.949. The van der Waals surface area contributed by atoms with Gasteiger partial charge in [0, 0.05) is 21.9 Å². The van der Waals surface area contributed by atoms with Crippen LogP contribution in [0, 0.1) is 12.7 Å². The van der Waals surface area contributed by atoms with E-state index < -0.39 is 0 Å². The molecule has 1 aliphatic heterocycles. The van der Waals surface area contributed by atoms with Gasteiger partial charge in [-0.2, -0.15) is 0 Å². The predicted molar refractivity (Wildman–Crippen MR) is 85.1 cm³/mol. The zero-order valence-electron chi connectivity index (χ0n) is 11.7. The van der Waals surface area contributed by atoms with E-state index in [1.54, 1.807) is 23.5 Å². The van der Waals surface area contributed by atoms with Crippen LogP contribution in [0.15, 0.2) is 34.5 Å². The second-order valence-corrected chi connectivity index (χ2v) is 7.31. The smallest absolute Gasteiger partial charge is 0.123 e. The quantitative estimate of drug-likeness (QED) is 0.848. The summed E-state index contributed by atoms with van der Waals surface area (Å²) in [7, 11) is 0. The van der Waals surface area contributed by atoms with Crippen molar-refractivity contribution in [1.29, 1.82) is 0 Å². The fourth-order valence-corrected chi connectivity index (χ4v) is 4.79. The van der Waals surface area contributed by atoms with Gasteiger partial charge >= 0.3 is 0 Å². The van der Waals surface area contributed by atoms with Crippen molar-refractivity contribution in [3.8, 4) is 0 Å². The van der Waals surface area contributed by atoms with Crippen molar-refractivity contribution in [3.05, 3.63) is 51.5 Å². The minimum Gasteiger partial charge on any atom is -0.303 e. The molecule has 20 heavy (non-hydrogen) atoms. The minimum absolute atomic E-state index is 0.141. The molecule has 0 fully saturated rings. The number of rotatable bonds is 3. The van der Waals surface area contributed by atoms with Crippen molar-refractivity contribution in [2.45, 2.75) is 37.2 Å². The van der Waals surface area contributed by atoms with E-state index in [0.717, 1.165) is 17.7 Å². The highest BCUT2D eigenvalue weighted by atomic mass is 32.2. The molecule has 0 aliphatic carbocycles. The maximum Gasteiger partial charge on any atom is 0.123 e. The Balaban J connectivity index is 1.83. The van der Waals surface area contributed by atoms with Gasteiger partial charge in [-0.15, -0.1) is 23.1 Å². The molecule has 0 saturated carbocycles. The maximum absolute atomic E-state index is 13.5. The van der Waals surface area contributed by atoms with Crippen LogP contribution in [-0.4, -0.2) is 5.75 Å². The Kier molecular flexibility index (Phi) is 4.15. The Morgan fingerprint density at radius 2 is 2.20 bits per heavy atom. The first-order chi connectivity index (χ1) is 9.65. The molecule has 2 heterocycles. The zero-order valence-corrected chi connectivity index (χ0v) is 13.3. The summed E-state index contributed by atoms with van der Waals surface area (Å²) in [4.78, 5) is 2.59. The molecule has 1 aromatic carbocycles. The van der Waals surface area contributed by atoms with Gasteiger partial charge in [-0.3, -0.25) is 0 Å². The molecule has 1 N–H and O–H groups in total. The van der Waals surface area contributed by atoms with Crippen molar-refractivity contribution < 1.29 is 4.39 Å². The number of aryl methyl sites for hydroxylation is 1. The molecule has 3 rings (SSSR count). The number of halogens is 1. The van der Waals surface area contributed by atoms with Crippen LogP contribution < -0.4 is 5.32 Å². The molecule has 1 aromatic heterocycles. The molecule has 2 unspecified atom stereocenters. The largest absolute Gasteiger partial charge is 0.303 e. The van der Waals surface area contributed by atoms with Gasteiger partial charge in [-0.05, 0) is 66.8 Å². The third-order valence-corrected chi connectivity index (χ3v) is 6.08. The first kappa shape index (κ1) is 14.1. The van der Waals surface area contributed by atoms with Crippen LogP contribution in [0.25, 0.3) is 0 Å². The summed E-state index contributed by atoms with van der Waals surface area (Å²) < 4.78 is 13.5. The van der Waals surface area contributed by atoms with E-state index in [2.05, 4.69) is 30.6 Å². The number of thiophene rings is 1. The molecule has 0 bridgehead atoms. The molecule has 2 atom stereocenters. The van der Waals surface area contributed by atoms with Gasteiger partial charge in [0.15, 0.2) is 0 Å². The lowest BCUT2D eigenvalue weighted by Crippen LogP contribution is -2.27. The normalized spacial score (nSPS) is 19.6. The molecule has 2 aromatic rings. The number of hydrogen-bond acceptors (Lipinski definition) is 3. The third-order valence-electron chi connectivity index (χ3n) is 3.76. The highest BCUT2D eigenvalue weighted by Crippen LogP contribution is 2.38. The van der Waals surface area contributed by atoms with Crippen LogP contribution in [0.4, 0.5) is 4.39 Å². The van der Waals surface area contributed by atoms with Crippen LogP contribution in [0.5, 0.6) is 0 Å². The Morgan fingerprint density at radius 1 is 1.35 bits per heavy atom. The number of thioether (sulfide) groups is 1. The van der Waals surface area contributed by atoms with Gasteiger partial charge in [0.1, 0.15) is 5.82 Å². The minimum atomic E-state index is -0.141. The van der Waals surface area contributed by atoms with E-state index in [4.69, 9.17) is 0 Å². The average molecular weight is 307 g/mol. The number of nitrogens with one attached hydrogen (secondary N) is 1. The topological polar surface area (TPSA) is 12.0 Å². The highest BCUT2D eigenvalue weighted by molar-refractivity contribution is 7.99. The zero-order chi connectivity index (χ0) is 14.1. The first-order valence-corrected chi connectivity index (χ1v) is 8.74. The summed E-state index contributed by atoms with van der Waals surface area (Å²) in [5.41, 5.74) is 2.45. The lowest BCUT2D eigenvalue weighted by molar-refractivity contribution is 0.450. The van der Waals surface area contributed by atoms with Crippen molar-refractivity contribution in [1.82, 2.24) is 5.32 Å². The Morgan fingerprint density at radius 3 is 2.95 bits per heavy atom. The van der Waals surface area contributed by atoms with E-state index in [0.29, 0.717) is 6.04 Å². The molecular weight excluding hydrogens is 289 g/mol. The number of benzene rings is 1. The fourth-order valence-electron chi connectivity index (χ4n) is 2.74. The van der Waals surface area contributed by atoms with Crippen LogP contribution in [0.2, 0.25) is 0 Å². The van der Waals surface area contributed by atoms with Gasteiger partial charge < -0.3 is 5.32 Å². The summed E-state index contributed by atoms with van der Waals surface area (Å²) in [6, 6.07) is 7.86. The summed E-state index contributed by atoms with van der Waals surface area (Å²) in [6.45, 7) is 4.34. The molecular formula is C16H18FNS2. The van der Waals surface area contributed by atoms with Crippen molar-refractivity contribution in [2.24, 2.45) is 0 Å². The SMILES string of the molecule is Cc1ccsc1C(C)NC1CCSc2ccc(F)cc21. The summed E-state index contributed by atoms with van der Waals surface area (Å²) in [6.07, 6.45) is 1.05. The van der Waals surface area contributed by atoms with Crippen LogP contribution in [0.1, 0.15) is 41.4 Å². The first-order valence-electron chi connectivity index (χ1n) is 6.87. The summed E-state index contributed by atoms with van der Waals surface area (Å²) in [5, 5.41) is 5.81. The van der Waals surface area contributed by atoms with Crippen molar-refractivity contribution in [3.63, 3.8) is 0 Å². The molecule has 1 nitrogen and oxygen atoms in total. The molecule has 0 spiro atoms. The van der Waals surface area contributed by atoms with Crippen LogP contribution in [-0.2, 0) is 0 Å². The second-order valence-electron chi connectivity index (χ2n) is 5.23. The van der Waals surface area contributed by atoms with Gasteiger partial charge in [-0.1, -0.05) is 0 Å². The lowest BCUT2D eigenvalue weighted by atomic mass is 10.0. The van der Waals surface area contributed by atoms with Gasteiger partial charge in [-0.25, -0.2) is 4.39 Å². The van der Waals surface area contributed by atoms with E-state index >= 15 is 0 Å². The molecule has 1 aliphatic rings. The molecule has 4 heteroatoms. The lowest BCUT2D eigenvalue weighted by Gasteiger charge is -2.29. The monoisotopic (exact) mass is 307 g/mol. The molecule has 106 valence electrons. The molecule has 0 radical (unpaired) electrons. The molecule has 0 saturated heterocycles. The Hall–Kier alpha value is -0.840. The summed E-state index contributed by atoms with van der Waals surface area (Å²) >= 11 is 3.61. The molecule has 0 amide bonds. The van der Waals surface area contributed by atoms with E-state index in [-0.39, 0.29) is 11.9 Å². The van der Waals surface area contributed by atoms with E-state index in [9.17, 15) is 4.39 Å². The second kappa shape index (κ2) is 5.88. The van der Waals surface area contributed by atoms with E-state index in [1.807, 2.05) is 17.8 Å².